The summed E-state index contributed by atoms with van der Waals surface area (Å²) in [6.07, 6.45) is 0. The Hall–Kier alpha value is -2.69. The van der Waals surface area contributed by atoms with Crippen LogP contribution < -0.4 is 19.9 Å². The molecule has 0 aliphatic rings. The fourth-order valence-corrected chi connectivity index (χ4v) is 2.05. The van der Waals surface area contributed by atoms with Gasteiger partial charge >= 0.3 is 0 Å². The Morgan fingerprint density at radius 3 is 2.45 bits per heavy atom. The predicted octanol–water partition coefficient (Wildman–Crippen LogP) is 2.86. The number of hydrogen-bond donors (Lipinski definition) is 1. The molecule has 0 saturated heterocycles. The summed E-state index contributed by atoms with van der Waals surface area (Å²) in [6, 6.07) is 10.5. The number of ether oxygens (including phenoxy) is 3. The molecule has 0 bridgehead atoms. The van der Waals surface area contributed by atoms with Crippen LogP contribution in [0.4, 0.5) is 5.69 Å². The van der Waals surface area contributed by atoms with E-state index in [2.05, 4.69) is 0 Å². The lowest BCUT2D eigenvalue weighted by Crippen LogP contribution is -2.13. The summed E-state index contributed by atoms with van der Waals surface area (Å²) in [4.78, 5) is 12.3. The standard InChI is InChI=1S/C17H19NO4/c1-11-4-7-16(14(18)8-11)22-10-15(19)13-6-5-12(20-2)9-17(13)21-3/h4-9H,10,18H2,1-3H3. The lowest BCUT2D eigenvalue weighted by molar-refractivity contribution is 0.0919. The third-order valence-electron chi connectivity index (χ3n) is 3.23. The first kappa shape index (κ1) is 15.7. The van der Waals surface area contributed by atoms with Gasteiger partial charge in [0.15, 0.2) is 6.61 Å². The van der Waals surface area contributed by atoms with E-state index in [4.69, 9.17) is 19.9 Å². The molecular weight excluding hydrogens is 282 g/mol. The Morgan fingerprint density at radius 2 is 1.82 bits per heavy atom. The molecule has 0 fully saturated rings. The van der Waals surface area contributed by atoms with Gasteiger partial charge in [0.05, 0.1) is 25.5 Å². The Balaban J connectivity index is 2.12. The van der Waals surface area contributed by atoms with E-state index in [-0.39, 0.29) is 12.4 Å². The molecule has 0 amide bonds. The van der Waals surface area contributed by atoms with E-state index in [0.717, 1.165) is 5.56 Å². The van der Waals surface area contributed by atoms with Gasteiger partial charge in [-0.2, -0.15) is 0 Å². The van der Waals surface area contributed by atoms with Gasteiger partial charge in [-0.25, -0.2) is 0 Å². The van der Waals surface area contributed by atoms with Crippen LogP contribution >= 0.6 is 0 Å². The van der Waals surface area contributed by atoms with E-state index in [9.17, 15) is 4.79 Å². The van der Waals surface area contributed by atoms with Gasteiger partial charge in [-0.1, -0.05) is 6.07 Å². The van der Waals surface area contributed by atoms with E-state index in [0.29, 0.717) is 28.5 Å². The van der Waals surface area contributed by atoms with Crippen LogP contribution in [0.2, 0.25) is 0 Å². The van der Waals surface area contributed by atoms with Crippen molar-refractivity contribution in [2.75, 3.05) is 26.6 Å². The van der Waals surface area contributed by atoms with Crippen LogP contribution in [-0.4, -0.2) is 26.6 Å². The normalized spacial score (nSPS) is 10.1. The van der Waals surface area contributed by atoms with Crippen molar-refractivity contribution in [2.45, 2.75) is 6.92 Å². The fourth-order valence-electron chi connectivity index (χ4n) is 2.05. The number of rotatable bonds is 6. The number of carbonyl (C=O) groups excluding carboxylic acids is 1. The van der Waals surface area contributed by atoms with E-state index < -0.39 is 0 Å². The average Bonchev–Trinajstić information content (AvgIpc) is 2.53. The van der Waals surface area contributed by atoms with E-state index in [1.165, 1.54) is 7.11 Å². The van der Waals surface area contributed by atoms with Crippen molar-refractivity contribution in [3.05, 3.63) is 47.5 Å². The smallest absolute Gasteiger partial charge is 0.203 e. The molecule has 0 saturated carbocycles. The number of ketones is 1. The summed E-state index contributed by atoms with van der Waals surface area (Å²) in [5.41, 5.74) is 7.85. The maximum atomic E-state index is 12.3. The van der Waals surface area contributed by atoms with E-state index in [1.807, 2.05) is 13.0 Å². The Morgan fingerprint density at radius 1 is 1.05 bits per heavy atom. The number of hydrogen-bond acceptors (Lipinski definition) is 5. The molecule has 0 aromatic heterocycles. The first-order valence-electron chi connectivity index (χ1n) is 6.79. The minimum atomic E-state index is -0.195. The zero-order chi connectivity index (χ0) is 16.1. The first-order valence-corrected chi connectivity index (χ1v) is 6.79. The minimum absolute atomic E-state index is 0.115. The number of carbonyl (C=O) groups is 1. The molecule has 2 aromatic rings. The van der Waals surface area contributed by atoms with Crippen LogP contribution in [0.15, 0.2) is 36.4 Å². The second kappa shape index (κ2) is 6.85. The third kappa shape index (κ3) is 3.49. The zero-order valence-electron chi connectivity index (χ0n) is 12.9. The van der Waals surface area contributed by atoms with Gasteiger partial charge < -0.3 is 19.9 Å². The van der Waals surface area contributed by atoms with Gasteiger partial charge in [0.2, 0.25) is 5.78 Å². The van der Waals surface area contributed by atoms with Gasteiger partial charge in [-0.05, 0) is 36.8 Å². The van der Waals surface area contributed by atoms with Crippen LogP contribution in [0.25, 0.3) is 0 Å². The number of Topliss-reactive ketones (excluding diaryl/α,β-unsaturated/α-hetero) is 1. The van der Waals surface area contributed by atoms with Crippen molar-refractivity contribution < 1.29 is 19.0 Å². The highest BCUT2D eigenvalue weighted by atomic mass is 16.5. The molecule has 2 N–H and O–H groups in total. The van der Waals surface area contributed by atoms with Crippen LogP contribution in [0.5, 0.6) is 17.2 Å². The summed E-state index contributed by atoms with van der Waals surface area (Å²) in [6.45, 7) is 1.82. The van der Waals surface area contributed by atoms with E-state index >= 15 is 0 Å². The molecule has 2 rings (SSSR count). The molecule has 2 aromatic carbocycles. The lowest BCUT2D eigenvalue weighted by atomic mass is 10.1. The minimum Gasteiger partial charge on any atom is -0.497 e. The number of nitrogens with two attached hydrogens (primary N) is 1. The third-order valence-corrected chi connectivity index (χ3v) is 3.23. The van der Waals surface area contributed by atoms with Crippen molar-refractivity contribution in [3.63, 3.8) is 0 Å². The van der Waals surface area contributed by atoms with Gasteiger partial charge in [0, 0.05) is 6.07 Å². The van der Waals surface area contributed by atoms with Crippen molar-refractivity contribution in [1.29, 1.82) is 0 Å². The van der Waals surface area contributed by atoms with Gasteiger partial charge in [0.25, 0.3) is 0 Å². The number of nitrogen functional groups attached to an aromatic ring is 1. The quantitative estimate of drug-likeness (QED) is 0.656. The van der Waals surface area contributed by atoms with Crippen LogP contribution in [-0.2, 0) is 0 Å². The zero-order valence-corrected chi connectivity index (χ0v) is 12.9. The number of aryl methyl sites for hydroxylation is 1. The Bertz CT molecular complexity index is 682. The second-order valence-electron chi connectivity index (χ2n) is 4.82. The molecule has 0 heterocycles. The molecule has 0 unspecified atom stereocenters. The highest BCUT2D eigenvalue weighted by Gasteiger charge is 2.14. The SMILES string of the molecule is COc1ccc(C(=O)COc2ccc(C)cc2N)c(OC)c1. The maximum absolute atomic E-state index is 12.3. The number of anilines is 1. The summed E-state index contributed by atoms with van der Waals surface area (Å²) in [5, 5.41) is 0. The molecule has 0 radical (unpaired) electrons. The summed E-state index contributed by atoms with van der Waals surface area (Å²) in [5.74, 6) is 1.37. The molecule has 0 atom stereocenters. The molecule has 22 heavy (non-hydrogen) atoms. The van der Waals surface area contributed by atoms with Crippen molar-refractivity contribution >= 4 is 11.5 Å². The first-order chi connectivity index (χ1) is 10.5. The predicted molar refractivity (Wildman–Crippen MR) is 85.0 cm³/mol. The van der Waals surface area contributed by atoms with Crippen molar-refractivity contribution in [2.24, 2.45) is 0 Å². The fraction of sp³-hybridized carbons (Fsp3) is 0.235. The van der Waals surface area contributed by atoms with Crippen LogP contribution in [0.1, 0.15) is 15.9 Å². The molecule has 0 spiro atoms. The number of methoxy groups -OCH3 is 2. The summed E-state index contributed by atoms with van der Waals surface area (Å²) < 4.78 is 15.8. The maximum Gasteiger partial charge on any atom is 0.203 e. The molecule has 0 aliphatic heterocycles. The second-order valence-corrected chi connectivity index (χ2v) is 4.82. The van der Waals surface area contributed by atoms with Gasteiger partial charge in [-0.15, -0.1) is 0 Å². The molecule has 116 valence electrons. The Labute approximate surface area is 129 Å². The average molecular weight is 301 g/mol. The van der Waals surface area contributed by atoms with Crippen molar-refractivity contribution in [3.8, 4) is 17.2 Å². The summed E-state index contributed by atoms with van der Waals surface area (Å²) in [7, 11) is 3.06. The monoisotopic (exact) mass is 301 g/mol. The molecule has 0 aliphatic carbocycles. The highest BCUT2D eigenvalue weighted by Crippen LogP contribution is 2.26. The largest absolute Gasteiger partial charge is 0.497 e. The van der Waals surface area contributed by atoms with Crippen molar-refractivity contribution in [1.82, 2.24) is 0 Å². The van der Waals surface area contributed by atoms with Gasteiger partial charge in [-0.3, -0.25) is 4.79 Å². The lowest BCUT2D eigenvalue weighted by Gasteiger charge is -2.11. The topological polar surface area (TPSA) is 70.8 Å². The van der Waals surface area contributed by atoms with Crippen LogP contribution in [0.3, 0.4) is 0 Å². The highest BCUT2D eigenvalue weighted by molar-refractivity contribution is 6.00. The summed E-state index contributed by atoms with van der Waals surface area (Å²) >= 11 is 0. The number of benzene rings is 2. The molecule has 5 heteroatoms. The molecule has 5 nitrogen and oxygen atoms in total. The van der Waals surface area contributed by atoms with E-state index in [1.54, 1.807) is 37.4 Å². The molecular formula is C17H19NO4. The van der Waals surface area contributed by atoms with Crippen LogP contribution in [0, 0.1) is 6.92 Å². The Kier molecular flexibility index (Phi) is 4.88. The van der Waals surface area contributed by atoms with Gasteiger partial charge in [0.1, 0.15) is 17.2 Å².